The fourth-order valence-corrected chi connectivity index (χ4v) is 3.16. The van der Waals surface area contributed by atoms with Gasteiger partial charge in [-0.25, -0.2) is 9.78 Å². The summed E-state index contributed by atoms with van der Waals surface area (Å²) >= 11 is 0. The number of rotatable bonds is 6. The third-order valence-electron chi connectivity index (χ3n) is 4.66. The maximum absolute atomic E-state index is 12.2. The molecule has 0 spiro atoms. The monoisotopic (exact) mass is 384 g/mol. The molecule has 4 rings (SSSR count). The minimum absolute atomic E-state index is 0.0240. The van der Waals surface area contributed by atoms with Crippen molar-refractivity contribution in [2.45, 2.75) is 19.3 Å². The second kappa shape index (κ2) is 8.52. The predicted molar refractivity (Wildman–Crippen MR) is 114 cm³/mol. The van der Waals surface area contributed by atoms with Crippen LogP contribution in [0.4, 0.5) is 5.69 Å². The van der Waals surface area contributed by atoms with E-state index in [1.807, 2.05) is 24.3 Å². The van der Waals surface area contributed by atoms with Crippen LogP contribution in [0.3, 0.4) is 0 Å². The molecular weight excluding hydrogens is 364 g/mol. The zero-order valence-corrected chi connectivity index (χ0v) is 15.8. The SMILES string of the molecule is O=C(CCCc1ccccc1)Nc1ccc(-c2nc3ccccc3c(=O)o2)cc1. The number of para-hydroxylation sites is 1. The molecule has 0 unspecified atom stereocenters. The van der Waals surface area contributed by atoms with Crippen LogP contribution in [0.25, 0.3) is 22.4 Å². The summed E-state index contributed by atoms with van der Waals surface area (Å²) in [5.74, 6) is 0.235. The Morgan fingerprint density at radius 2 is 1.62 bits per heavy atom. The fraction of sp³-hybridized carbons (Fsp3) is 0.125. The molecule has 144 valence electrons. The first-order valence-electron chi connectivity index (χ1n) is 9.53. The second-order valence-corrected chi connectivity index (χ2v) is 6.79. The van der Waals surface area contributed by atoms with Crippen molar-refractivity contribution < 1.29 is 9.21 Å². The highest BCUT2D eigenvalue weighted by Gasteiger charge is 2.09. The van der Waals surface area contributed by atoms with Gasteiger partial charge in [-0.1, -0.05) is 42.5 Å². The van der Waals surface area contributed by atoms with Crippen molar-refractivity contribution in [1.29, 1.82) is 0 Å². The summed E-state index contributed by atoms with van der Waals surface area (Å²) < 4.78 is 5.34. The molecule has 0 saturated heterocycles. The Morgan fingerprint density at radius 3 is 2.41 bits per heavy atom. The van der Waals surface area contributed by atoms with Gasteiger partial charge in [0.05, 0.1) is 10.9 Å². The van der Waals surface area contributed by atoms with E-state index < -0.39 is 5.63 Å². The van der Waals surface area contributed by atoms with Crippen molar-refractivity contribution in [1.82, 2.24) is 4.98 Å². The highest BCUT2D eigenvalue weighted by atomic mass is 16.4. The van der Waals surface area contributed by atoms with Gasteiger partial charge >= 0.3 is 5.63 Å². The van der Waals surface area contributed by atoms with Crippen LogP contribution in [0.15, 0.2) is 88.1 Å². The molecule has 4 aromatic rings. The number of aryl methyl sites for hydroxylation is 1. The second-order valence-electron chi connectivity index (χ2n) is 6.79. The summed E-state index contributed by atoms with van der Waals surface area (Å²) in [6.07, 6.45) is 2.12. The number of carbonyl (C=O) groups excluding carboxylic acids is 1. The van der Waals surface area contributed by atoms with Gasteiger partial charge < -0.3 is 9.73 Å². The third kappa shape index (κ3) is 4.58. The Hall–Kier alpha value is -3.73. The quantitative estimate of drug-likeness (QED) is 0.517. The van der Waals surface area contributed by atoms with Crippen LogP contribution in [0, 0.1) is 0 Å². The maximum Gasteiger partial charge on any atom is 0.347 e. The molecule has 1 heterocycles. The largest absolute Gasteiger partial charge is 0.403 e. The molecule has 0 aliphatic heterocycles. The number of carbonyl (C=O) groups is 1. The Balaban J connectivity index is 1.39. The lowest BCUT2D eigenvalue weighted by atomic mass is 10.1. The van der Waals surface area contributed by atoms with E-state index in [0.717, 1.165) is 12.8 Å². The van der Waals surface area contributed by atoms with Crippen molar-refractivity contribution in [3.05, 3.63) is 94.8 Å². The molecule has 1 amide bonds. The van der Waals surface area contributed by atoms with Gasteiger partial charge in [-0.05, 0) is 54.8 Å². The highest BCUT2D eigenvalue weighted by Crippen LogP contribution is 2.21. The lowest BCUT2D eigenvalue weighted by Crippen LogP contribution is -2.11. The molecule has 0 radical (unpaired) electrons. The number of fused-ring (bicyclic) bond motifs is 1. The Labute approximate surface area is 168 Å². The number of anilines is 1. The maximum atomic E-state index is 12.2. The van der Waals surface area contributed by atoms with Crippen molar-refractivity contribution >= 4 is 22.5 Å². The lowest BCUT2D eigenvalue weighted by molar-refractivity contribution is -0.116. The number of amides is 1. The van der Waals surface area contributed by atoms with E-state index >= 15 is 0 Å². The van der Waals surface area contributed by atoms with Gasteiger partial charge in [0.15, 0.2) is 0 Å². The lowest BCUT2D eigenvalue weighted by Gasteiger charge is -2.07. The third-order valence-corrected chi connectivity index (χ3v) is 4.66. The molecule has 0 fully saturated rings. The molecule has 0 bridgehead atoms. The zero-order chi connectivity index (χ0) is 20.1. The van der Waals surface area contributed by atoms with E-state index in [9.17, 15) is 9.59 Å². The first kappa shape index (κ1) is 18.6. The number of hydrogen-bond donors (Lipinski definition) is 1. The van der Waals surface area contributed by atoms with Crippen LogP contribution in [0.5, 0.6) is 0 Å². The van der Waals surface area contributed by atoms with Crippen LogP contribution >= 0.6 is 0 Å². The van der Waals surface area contributed by atoms with Gasteiger partial charge in [-0.2, -0.15) is 0 Å². The molecular formula is C24H20N2O3. The van der Waals surface area contributed by atoms with E-state index in [1.54, 1.807) is 42.5 Å². The molecule has 3 aromatic carbocycles. The van der Waals surface area contributed by atoms with Crippen LogP contribution in [-0.4, -0.2) is 10.9 Å². The van der Waals surface area contributed by atoms with Crippen LogP contribution in [0.2, 0.25) is 0 Å². The average molecular weight is 384 g/mol. The van der Waals surface area contributed by atoms with E-state index in [1.165, 1.54) is 5.56 Å². The molecule has 0 aliphatic carbocycles. The molecule has 5 nitrogen and oxygen atoms in total. The first-order chi connectivity index (χ1) is 14.2. The summed E-state index contributed by atoms with van der Waals surface area (Å²) in [6, 6.07) is 24.3. The molecule has 1 aromatic heterocycles. The molecule has 1 N–H and O–H groups in total. The molecule has 0 saturated carbocycles. The molecule has 5 heteroatoms. The Morgan fingerprint density at radius 1 is 0.897 bits per heavy atom. The van der Waals surface area contributed by atoms with Gasteiger partial charge in [-0.3, -0.25) is 4.79 Å². The van der Waals surface area contributed by atoms with Crippen molar-refractivity contribution in [3.63, 3.8) is 0 Å². The smallest absolute Gasteiger partial charge is 0.347 e. The number of hydrogen-bond acceptors (Lipinski definition) is 4. The van der Waals surface area contributed by atoms with E-state index in [2.05, 4.69) is 22.4 Å². The molecule has 0 atom stereocenters. The number of aromatic nitrogens is 1. The topological polar surface area (TPSA) is 72.2 Å². The molecule has 29 heavy (non-hydrogen) atoms. The normalized spacial score (nSPS) is 10.8. The van der Waals surface area contributed by atoms with Gasteiger partial charge in [-0.15, -0.1) is 0 Å². The Kier molecular flexibility index (Phi) is 5.47. The van der Waals surface area contributed by atoms with Crippen molar-refractivity contribution in [2.75, 3.05) is 5.32 Å². The standard InChI is InChI=1S/C24H20N2O3/c27-22(12-6-9-17-7-2-1-3-8-17)25-19-15-13-18(14-16-19)23-26-21-11-5-4-10-20(21)24(28)29-23/h1-5,7-8,10-11,13-16H,6,9,12H2,(H,25,27). The zero-order valence-electron chi connectivity index (χ0n) is 15.8. The van der Waals surface area contributed by atoms with Crippen LogP contribution in [0.1, 0.15) is 18.4 Å². The summed E-state index contributed by atoms with van der Waals surface area (Å²) in [6.45, 7) is 0. The molecule has 0 aliphatic rings. The first-order valence-corrected chi connectivity index (χ1v) is 9.53. The number of benzene rings is 3. The minimum Gasteiger partial charge on any atom is -0.403 e. The minimum atomic E-state index is -0.415. The fourth-order valence-electron chi connectivity index (χ4n) is 3.16. The Bertz CT molecular complexity index is 1180. The summed E-state index contributed by atoms with van der Waals surface area (Å²) in [5, 5.41) is 3.35. The van der Waals surface area contributed by atoms with E-state index in [0.29, 0.717) is 28.6 Å². The van der Waals surface area contributed by atoms with Gasteiger partial charge in [0.25, 0.3) is 0 Å². The average Bonchev–Trinajstić information content (AvgIpc) is 2.75. The number of nitrogens with one attached hydrogen (secondary N) is 1. The van der Waals surface area contributed by atoms with Crippen LogP contribution < -0.4 is 10.9 Å². The van der Waals surface area contributed by atoms with Crippen molar-refractivity contribution in [3.8, 4) is 11.5 Å². The van der Waals surface area contributed by atoms with Crippen LogP contribution in [-0.2, 0) is 11.2 Å². The van der Waals surface area contributed by atoms with E-state index in [4.69, 9.17) is 4.42 Å². The van der Waals surface area contributed by atoms with Gasteiger partial charge in [0.1, 0.15) is 0 Å². The van der Waals surface area contributed by atoms with Crippen molar-refractivity contribution in [2.24, 2.45) is 0 Å². The van der Waals surface area contributed by atoms with E-state index in [-0.39, 0.29) is 11.8 Å². The summed E-state index contributed by atoms with van der Waals surface area (Å²) in [4.78, 5) is 28.7. The van der Waals surface area contributed by atoms with Gasteiger partial charge in [0, 0.05) is 17.7 Å². The summed E-state index contributed by atoms with van der Waals surface area (Å²) in [5.41, 5.74) is 2.78. The predicted octanol–water partition coefficient (Wildman–Crippen LogP) is 4.82. The highest BCUT2D eigenvalue weighted by molar-refractivity contribution is 5.91. The summed E-state index contributed by atoms with van der Waals surface area (Å²) in [7, 11) is 0. The number of nitrogens with zero attached hydrogens (tertiary/aromatic N) is 1. The van der Waals surface area contributed by atoms with Gasteiger partial charge in [0.2, 0.25) is 11.8 Å².